The number of carbonyl (C=O) groups is 1. The summed E-state index contributed by atoms with van der Waals surface area (Å²) in [6, 6.07) is 7.13. The van der Waals surface area contributed by atoms with Gasteiger partial charge in [0.25, 0.3) is 0 Å². The number of hydrogen-bond donors (Lipinski definition) is 1. The molecule has 0 aromatic heterocycles. The minimum absolute atomic E-state index is 0.0302. The van der Waals surface area contributed by atoms with Gasteiger partial charge in [0, 0.05) is 37.8 Å². The number of amides is 1. The van der Waals surface area contributed by atoms with Gasteiger partial charge in [-0.15, -0.1) is 0 Å². The predicted molar refractivity (Wildman–Crippen MR) is 79.4 cm³/mol. The number of methoxy groups -OCH3 is 1. The Hall–Kier alpha value is -1.46. The average Bonchev–Trinajstić information content (AvgIpc) is 2.48. The third-order valence-electron chi connectivity index (χ3n) is 3.97. The summed E-state index contributed by atoms with van der Waals surface area (Å²) < 4.78 is 18.6. The summed E-state index contributed by atoms with van der Waals surface area (Å²) in [4.78, 5) is 13.6. The first-order valence-electron chi connectivity index (χ1n) is 7.39. The number of carbonyl (C=O) groups excluding carboxylic acids is 1. The molecule has 1 aromatic rings. The second-order valence-electron chi connectivity index (χ2n) is 5.50. The van der Waals surface area contributed by atoms with Crippen molar-refractivity contribution in [2.45, 2.75) is 31.8 Å². The summed E-state index contributed by atoms with van der Waals surface area (Å²) in [7, 11) is 1.53. The Bertz CT molecular complexity index is 473. The zero-order chi connectivity index (χ0) is 15.2. The van der Waals surface area contributed by atoms with Crippen LogP contribution < -0.4 is 5.32 Å². The summed E-state index contributed by atoms with van der Waals surface area (Å²) in [5.41, 5.74) is 0.690. The predicted octanol–water partition coefficient (Wildman–Crippen LogP) is 2.11. The van der Waals surface area contributed by atoms with Crippen molar-refractivity contribution in [3.63, 3.8) is 0 Å². The minimum atomic E-state index is -0.176. The van der Waals surface area contributed by atoms with Crippen LogP contribution in [0, 0.1) is 5.82 Å². The Morgan fingerprint density at radius 2 is 2.10 bits per heavy atom. The molecule has 1 saturated heterocycles. The molecule has 1 N–H and O–H groups in total. The van der Waals surface area contributed by atoms with E-state index >= 15 is 0 Å². The van der Waals surface area contributed by atoms with E-state index in [0.717, 1.165) is 25.9 Å². The van der Waals surface area contributed by atoms with Crippen molar-refractivity contribution in [1.82, 2.24) is 10.2 Å². The van der Waals surface area contributed by atoms with Crippen LogP contribution in [-0.2, 0) is 9.53 Å². The highest BCUT2D eigenvalue weighted by Gasteiger charge is 2.24. The van der Waals surface area contributed by atoms with Crippen LogP contribution in [0.1, 0.15) is 31.4 Å². The highest BCUT2D eigenvalue weighted by Crippen LogP contribution is 2.19. The lowest BCUT2D eigenvalue weighted by molar-refractivity contribution is -0.136. The quantitative estimate of drug-likeness (QED) is 0.904. The van der Waals surface area contributed by atoms with Crippen molar-refractivity contribution >= 4 is 5.91 Å². The van der Waals surface area contributed by atoms with Crippen molar-refractivity contribution in [1.29, 1.82) is 0 Å². The van der Waals surface area contributed by atoms with E-state index in [1.807, 2.05) is 24.0 Å². The molecule has 0 bridgehead atoms. The Morgan fingerprint density at radius 3 is 2.71 bits per heavy atom. The Labute approximate surface area is 125 Å². The number of rotatable bonds is 5. The lowest BCUT2D eigenvalue weighted by Crippen LogP contribution is -2.46. The number of hydrogen-bond acceptors (Lipinski definition) is 3. The number of nitrogens with zero attached hydrogens (tertiary/aromatic N) is 1. The van der Waals surface area contributed by atoms with Gasteiger partial charge in [-0.3, -0.25) is 4.79 Å². The highest BCUT2D eigenvalue weighted by atomic mass is 19.1. The van der Waals surface area contributed by atoms with E-state index in [9.17, 15) is 9.18 Å². The molecule has 1 fully saturated rings. The number of likely N-dealkylation sites (tertiary alicyclic amines) is 1. The molecule has 1 atom stereocenters. The number of ether oxygens (including phenoxy) is 1. The second kappa shape index (κ2) is 7.52. The summed E-state index contributed by atoms with van der Waals surface area (Å²) >= 11 is 0. The highest BCUT2D eigenvalue weighted by molar-refractivity contribution is 5.77. The molecule has 5 heteroatoms. The van der Waals surface area contributed by atoms with E-state index < -0.39 is 0 Å². The number of nitrogens with one attached hydrogen (secondary N) is 1. The van der Waals surface area contributed by atoms with Gasteiger partial charge in [0.05, 0.1) is 0 Å². The van der Waals surface area contributed by atoms with Gasteiger partial charge in [0.15, 0.2) is 0 Å². The maximum Gasteiger partial charge on any atom is 0.248 e. The van der Waals surface area contributed by atoms with Crippen molar-refractivity contribution in [2.75, 3.05) is 26.8 Å². The summed E-state index contributed by atoms with van der Waals surface area (Å²) in [6.07, 6.45) is 1.77. The first-order chi connectivity index (χ1) is 10.1. The van der Waals surface area contributed by atoms with Crippen LogP contribution in [-0.4, -0.2) is 43.7 Å². The number of benzene rings is 1. The lowest BCUT2D eigenvalue weighted by Gasteiger charge is -2.34. The molecule has 116 valence electrons. The van der Waals surface area contributed by atoms with E-state index in [0.29, 0.717) is 11.6 Å². The summed E-state index contributed by atoms with van der Waals surface area (Å²) in [5.74, 6) is -0.136. The second-order valence-corrected chi connectivity index (χ2v) is 5.50. The normalized spacial score (nSPS) is 17.8. The molecule has 1 aliphatic rings. The third kappa shape index (κ3) is 4.25. The van der Waals surface area contributed by atoms with Crippen LogP contribution in [0.3, 0.4) is 0 Å². The van der Waals surface area contributed by atoms with Crippen molar-refractivity contribution in [2.24, 2.45) is 0 Å². The SMILES string of the molecule is COCC(=O)N1CCC(NC(C)c2ccccc2F)CC1. The fourth-order valence-electron chi connectivity index (χ4n) is 2.78. The zero-order valence-electron chi connectivity index (χ0n) is 12.6. The van der Waals surface area contributed by atoms with Crippen molar-refractivity contribution in [3.05, 3.63) is 35.6 Å². The zero-order valence-corrected chi connectivity index (χ0v) is 12.6. The van der Waals surface area contributed by atoms with Crippen LogP contribution in [0.25, 0.3) is 0 Å². The first kappa shape index (κ1) is 15.9. The lowest BCUT2D eigenvalue weighted by atomic mass is 10.0. The van der Waals surface area contributed by atoms with Gasteiger partial charge in [0.1, 0.15) is 12.4 Å². The van der Waals surface area contributed by atoms with Crippen LogP contribution in [0.15, 0.2) is 24.3 Å². The van der Waals surface area contributed by atoms with Crippen LogP contribution in [0.2, 0.25) is 0 Å². The van der Waals surface area contributed by atoms with E-state index in [1.165, 1.54) is 13.2 Å². The van der Waals surface area contributed by atoms with Gasteiger partial charge in [-0.05, 0) is 25.8 Å². The van der Waals surface area contributed by atoms with Gasteiger partial charge in [0.2, 0.25) is 5.91 Å². The molecular formula is C16H23FN2O2. The first-order valence-corrected chi connectivity index (χ1v) is 7.39. The molecule has 0 aliphatic carbocycles. The molecule has 1 amide bonds. The smallest absolute Gasteiger partial charge is 0.248 e. The van der Waals surface area contributed by atoms with Gasteiger partial charge in [-0.1, -0.05) is 18.2 Å². The fourth-order valence-corrected chi connectivity index (χ4v) is 2.78. The Morgan fingerprint density at radius 1 is 1.43 bits per heavy atom. The van der Waals surface area contributed by atoms with Crippen LogP contribution in [0.5, 0.6) is 0 Å². The van der Waals surface area contributed by atoms with Crippen molar-refractivity contribution in [3.8, 4) is 0 Å². The monoisotopic (exact) mass is 294 g/mol. The maximum atomic E-state index is 13.7. The molecule has 21 heavy (non-hydrogen) atoms. The number of piperidine rings is 1. The van der Waals surface area contributed by atoms with Crippen molar-refractivity contribution < 1.29 is 13.9 Å². The Kier molecular flexibility index (Phi) is 5.70. The molecule has 0 spiro atoms. The Balaban J connectivity index is 1.83. The summed E-state index contributed by atoms with van der Waals surface area (Å²) in [5, 5.41) is 3.46. The minimum Gasteiger partial charge on any atom is -0.375 e. The molecule has 1 aliphatic heterocycles. The third-order valence-corrected chi connectivity index (χ3v) is 3.97. The molecule has 1 unspecified atom stereocenters. The molecule has 4 nitrogen and oxygen atoms in total. The molecule has 1 aromatic carbocycles. The van der Waals surface area contributed by atoms with E-state index in [2.05, 4.69) is 5.32 Å². The summed E-state index contributed by atoms with van der Waals surface area (Å²) in [6.45, 7) is 3.57. The van der Waals surface area contributed by atoms with E-state index in [1.54, 1.807) is 6.07 Å². The maximum absolute atomic E-state index is 13.7. The van der Waals surface area contributed by atoms with Gasteiger partial charge in [-0.25, -0.2) is 4.39 Å². The van der Waals surface area contributed by atoms with Gasteiger partial charge < -0.3 is 15.0 Å². The van der Waals surface area contributed by atoms with Gasteiger partial charge >= 0.3 is 0 Å². The largest absolute Gasteiger partial charge is 0.375 e. The average molecular weight is 294 g/mol. The van der Waals surface area contributed by atoms with Crippen LogP contribution in [0.4, 0.5) is 4.39 Å². The van der Waals surface area contributed by atoms with Gasteiger partial charge in [-0.2, -0.15) is 0 Å². The van der Waals surface area contributed by atoms with E-state index in [4.69, 9.17) is 4.74 Å². The molecule has 2 rings (SSSR count). The van der Waals surface area contributed by atoms with E-state index in [-0.39, 0.29) is 24.4 Å². The molecule has 0 saturated carbocycles. The fraction of sp³-hybridized carbons (Fsp3) is 0.562. The number of halogens is 1. The molecule has 1 heterocycles. The molecule has 0 radical (unpaired) electrons. The molecular weight excluding hydrogens is 271 g/mol. The van der Waals surface area contributed by atoms with Crippen LogP contribution >= 0.6 is 0 Å². The standard InChI is InChI=1S/C16H23FN2O2/c1-12(14-5-3-4-6-15(14)17)18-13-7-9-19(10-8-13)16(20)11-21-2/h3-6,12-13,18H,7-11H2,1-2H3. The topological polar surface area (TPSA) is 41.6 Å².